The first-order valence-electron chi connectivity index (χ1n) is 5.21. The van der Waals surface area contributed by atoms with Crippen LogP contribution in [0.3, 0.4) is 0 Å². The third-order valence-electron chi connectivity index (χ3n) is 2.57. The number of hydrogen-bond acceptors (Lipinski definition) is 6. The first-order chi connectivity index (χ1) is 7.61. The van der Waals surface area contributed by atoms with E-state index in [9.17, 15) is 8.42 Å². The lowest BCUT2D eigenvalue weighted by Crippen LogP contribution is -2.26. The highest BCUT2D eigenvalue weighted by atomic mass is 32.2. The summed E-state index contributed by atoms with van der Waals surface area (Å²) >= 11 is 1.54. The van der Waals surface area contributed by atoms with Gasteiger partial charge in [-0.15, -0.1) is 11.3 Å². The standard InChI is InChI=1S/C9H15N3O2S2/c10-6-8-7-11-9(15-8)12-2-1-4-16(13,14)5-3-12/h7H,1-6,10H2. The molecule has 0 bridgehead atoms. The highest BCUT2D eigenvalue weighted by Crippen LogP contribution is 2.23. The van der Waals surface area contributed by atoms with Gasteiger partial charge >= 0.3 is 0 Å². The molecular weight excluding hydrogens is 246 g/mol. The molecule has 90 valence electrons. The van der Waals surface area contributed by atoms with Crippen molar-refractivity contribution in [2.24, 2.45) is 5.73 Å². The van der Waals surface area contributed by atoms with E-state index >= 15 is 0 Å². The van der Waals surface area contributed by atoms with Crippen LogP contribution in [0.5, 0.6) is 0 Å². The van der Waals surface area contributed by atoms with E-state index in [1.165, 1.54) is 0 Å². The molecule has 0 spiro atoms. The fraction of sp³-hybridized carbons (Fsp3) is 0.667. The van der Waals surface area contributed by atoms with Gasteiger partial charge in [-0.2, -0.15) is 0 Å². The molecule has 0 unspecified atom stereocenters. The molecule has 1 fully saturated rings. The highest BCUT2D eigenvalue weighted by Gasteiger charge is 2.20. The molecule has 2 N–H and O–H groups in total. The van der Waals surface area contributed by atoms with Crippen LogP contribution in [-0.2, 0) is 16.4 Å². The molecule has 1 aromatic heterocycles. The van der Waals surface area contributed by atoms with Crippen molar-refractivity contribution in [3.63, 3.8) is 0 Å². The van der Waals surface area contributed by atoms with E-state index in [-0.39, 0.29) is 5.75 Å². The fourth-order valence-electron chi connectivity index (χ4n) is 1.67. The lowest BCUT2D eigenvalue weighted by Gasteiger charge is -2.17. The zero-order chi connectivity index (χ0) is 11.6. The van der Waals surface area contributed by atoms with Crippen LogP contribution in [0, 0.1) is 0 Å². The fourth-order valence-corrected chi connectivity index (χ4v) is 3.78. The van der Waals surface area contributed by atoms with Crippen molar-refractivity contribution >= 4 is 26.3 Å². The Morgan fingerprint density at radius 3 is 2.94 bits per heavy atom. The number of anilines is 1. The summed E-state index contributed by atoms with van der Waals surface area (Å²) < 4.78 is 22.9. The normalized spacial score (nSPS) is 20.7. The van der Waals surface area contributed by atoms with Gasteiger partial charge in [0.05, 0.1) is 11.5 Å². The molecule has 7 heteroatoms. The molecule has 0 radical (unpaired) electrons. The predicted molar refractivity (Wildman–Crippen MR) is 65.5 cm³/mol. The van der Waals surface area contributed by atoms with Crippen LogP contribution in [0.4, 0.5) is 5.13 Å². The van der Waals surface area contributed by atoms with Gasteiger partial charge in [0.25, 0.3) is 0 Å². The van der Waals surface area contributed by atoms with Gasteiger partial charge in [-0.05, 0) is 6.42 Å². The van der Waals surface area contributed by atoms with Crippen molar-refractivity contribution in [3.05, 3.63) is 11.1 Å². The van der Waals surface area contributed by atoms with Crippen molar-refractivity contribution in [3.8, 4) is 0 Å². The summed E-state index contributed by atoms with van der Waals surface area (Å²) in [6.07, 6.45) is 2.44. The molecule has 1 aliphatic heterocycles. The zero-order valence-corrected chi connectivity index (χ0v) is 10.6. The Hall–Kier alpha value is -0.660. The van der Waals surface area contributed by atoms with Crippen LogP contribution in [0.1, 0.15) is 11.3 Å². The summed E-state index contributed by atoms with van der Waals surface area (Å²) in [5.41, 5.74) is 5.52. The summed E-state index contributed by atoms with van der Waals surface area (Å²) in [6.45, 7) is 1.79. The molecule has 0 aliphatic carbocycles. The molecule has 0 saturated carbocycles. The van der Waals surface area contributed by atoms with Gasteiger partial charge < -0.3 is 10.6 Å². The van der Waals surface area contributed by atoms with Crippen molar-refractivity contribution in [1.29, 1.82) is 0 Å². The molecule has 0 atom stereocenters. The molecule has 0 aromatic carbocycles. The van der Waals surface area contributed by atoms with Crippen molar-refractivity contribution in [2.75, 3.05) is 29.5 Å². The molecule has 16 heavy (non-hydrogen) atoms. The number of sulfone groups is 1. The quantitative estimate of drug-likeness (QED) is 0.824. The maximum atomic E-state index is 11.4. The van der Waals surface area contributed by atoms with E-state index in [4.69, 9.17) is 5.73 Å². The maximum Gasteiger partial charge on any atom is 0.185 e. The van der Waals surface area contributed by atoms with Gasteiger partial charge in [0.15, 0.2) is 15.0 Å². The van der Waals surface area contributed by atoms with Gasteiger partial charge in [-0.1, -0.05) is 0 Å². The monoisotopic (exact) mass is 261 g/mol. The Balaban J connectivity index is 2.10. The molecule has 1 aliphatic rings. The van der Waals surface area contributed by atoms with E-state index < -0.39 is 9.84 Å². The minimum absolute atomic E-state index is 0.227. The lowest BCUT2D eigenvalue weighted by molar-refractivity contribution is 0.597. The second-order valence-electron chi connectivity index (χ2n) is 3.81. The van der Waals surface area contributed by atoms with Gasteiger partial charge in [-0.25, -0.2) is 13.4 Å². The third kappa shape index (κ3) is 2.72. The Morgan fingerprint density at radius 1 is 1.44 bits per heavy atom. The molecule has 2 heterocycles. The molecular formula is C9H15N3O2S2. The van der Waals surface area contributed by atoms with Crippen molar-refractivity contribution in [1.82, 2.24) is 4.98 Å². The number of thiazole rings is 1. The molecule has 2 rings (SSSR count). The van der Waals surface area contributed by atoms with Crippen molar-refractivity contribution < 1.29 is 8.42 Å². The SMILES string of the molecule is NCc1cnc(N2CCCS(=O)(=O)CC2)s1. The summed E-state index contributed by atoms with van der Waals surface area (Å²) in [4.78, 5) is 7.34. The van der Waals surface area contributed by atoms with Crippen LogP contribution in [-0.4, -0.2) is 38.0 Å². The Labute approximate surface area is 99.2 Å². The van der Waals surface area contributed by atoms with Gasteiger partial charge in [-0.3, -0.25) is 0 Å². The van der Waals surface area contributed by atoms with E-state index in [2.05, 4.69) is 4.98 Å². The summed E-state index contributed by atoms with van der Waals surface area (Å²) in [5, 5.41) is 0.887. The van der Waals surface area contributed by atoms with Gasteiger partial charge in [0.2, 0.25) is 0 Å². The average molecular weight is 261 g/mol. The second kappa shape index (κ2) is 4.68. The number of rotatable bonds is 2. The topological polar surface area (TPSA) is 76.3 Å². The Morgan fingerprint density at radius 2 is 2.25 bits per heavy atom. The minimum atomic E-state index is -2.85. The molecule has 5 nitrogen and oxygen atoms in total. The molecule has 1 aromatic rings. The van der Waals surface area contributed by atoms with Gasteiger partial charge in [0.1, 0.15) is 0 Å². The molecule has 1 saturated heterocycles. The number of nitrogens with zero attached hydrogens (tertiary/aromatic N) is 2. The smallest absolute Gasteiger partial charge is 0.185 e. The number of hydrogen-bond donors (Lipinski definition) is 1. The van der Waals surface area contributed by atoms with Crippen LogP contribution < -0.4 is 10.6 Å². The number of aromatic nitrogens is 1. The van der Waals surface area contributed by atoms with Crippen molar-refractivity contribution in [2.45, 2.75) is 13.0 Å². The summed E-state index contributed by atoms with van der Waals surface area (Å²) in [7, 11) is -2.85. The van der Waals surface area contributed by atoms with Crippen LogP contribution in [0.25, 0.3) is 0 Å². The van der Waals surface area contributed by atoms with E-state index in [1.54, 1.807) is 17.5 Å². The third-order valence-corrected chi connectivity index (χ3v) is 5.36. The maximum absolute atomic E-state index is 11.4. The Kier molecular flexibility index (Phi) is 3.46. The van der Waals surface area contributed by atoms with E-state index in [0.717, 1.165) is 16.6 Å². The first-order valence-corrected chi connectivity index (χ1v) is 7.85. The summed E-state index contributed by atoms with van der Waals surface area (Å²) in [6, 6.07) is 0. The minimum Gasteiger partial charge on any atom is -0.347 e. The van der Waals surface area contributed by atoms with E-state index in [0.29, 0.717) is 25.3 Å². The first kappa shape index (κ1) is 11.8. The van der Waals surface area contributed by atoms with Crippen LogP contribution >= 0.6 is 11.3 Å². The second-order valence-corrected chi connectivity index (χ2v) is 7.20. The highest BCUT2D eigenvalue weighted by molar-refractivity contribution is 7.91. The predicted octanol–water partition coefficient (Wildman–Crippen LogP) is 0.227. The van der Waals surface area contributed by atoms with Gasteiger partial charge in [0, 0.05) is 30.7 Å². The van der Waals surface area contributed by atoms with E-state index in [1.807, 2.05) is 4.90 Å². The average Bonchev–Trinajstić information content (AvgIpc) is 2.64. The van der Waals surface area contributed by atoms with Crippen LogP contribution in [0.2, 0.25) is 0 Å². The number of nitrogens with two attached hydrogens (primary N) is 1. The largest absolute Gasteiger partial charge is 0.347 e. The molecule has 0 amide bonds. The van der Waals surface area contributed by atoms with Crippen LogP contribution in [0.15, 0.2) is 6.20 Å². The zero-order valence-electron chi connectivity index (χ0n) is 8.92. The lowest BCUT2D eigenvalue weighted by atomic mass is 10.4. The Bertz CT molecular complexity index is 455. The summed E-state index contributed by atoms with van der Waals surface area (Å²) in [5.74, 6) is 0.517.